The van der Waals surface area contributed by atoms with Gasteiger partial charge in [0, 0.05) is 29.9 Å². The van der Waals surface area contributed by atoms with E-state index in [4.69, 9.17) is 0 Å². The fourth-order valence-electron chi connectivity index (χ4n) is 1.65. The molecule has 1 atom stereocenters. The Hall–Kier alpha value is -1.13. The lowest BCUT2D eigenvalue weighted by molar-refractivity contribution is 0.455. The van der Waals surface area contributed by atoms with Gasteiger partial charge in [-0.05, 0) is 30.9 Å². The third-order valence-corrected chi connectivity index (χ3v) is 3.40. The normalized spacial score (nSPS) is 12.8. The van der Waals surface area contributed by atoms with Gasteiger partial charge < -0.3 is 5.32 Å². The summed E-state index contributed by atoms with van der Waals surface area (Å²) >= 11 is 1.82. The van der Waals surface area contributed by atoms with E-state index in [1.165, 1.54) is 4.88 Å². The number of nitrogens with zero attached hydrogens (tertiary/aromatic N) is 2. The zero-order valence-corrected chi connectivity index (χ0v) is 10.3. The van der Waals surface area contributed by atoms with Crippen molar-refractivity contribution in [2.24, 2.45) is 0 Å². The largest absolute Gasteiger partial charge is 0.312 e. The quantitative estimate of drug-likeness (QED) is 0.831. The molecule has 2 aromatic rings. The monoisotopic (exact) mass is 235 g/mol. The maximum Gasteiger partial charge on any atom is 0.0559 e. The number of hydrogen-bond acceptors (Lipinski definition) is 3. The highest BCUT2D eigenvalue weighted by Crippen LogP contribution is 2.08. The van der Waals surface area contributed by atoms with Gasteiger partial charge in [0.2, 0.25) is 0 Å². The lowest BCUT2D eigenvalue weighted by atomic mass is 10.3. The standard InChI is InChI=1S/C12H17N3S/c1-11(10-15-8-3-6-14-15)13-7-5-12-4-2-9-16-12/h2-4,6,8-9,11,13H,5,7,10H2,1H3/t11-/m1/s1. The molecule has 1 N–H and O–H groups in total. The highest BCUT2D eigenvalue weighted by molar-refractivity contribution is 7.09. The molecule has 0 spiro atoms. The van der Waals surface area contributed by atoms with E-state index in [9.17, 15) is 0 Å². The first kappa shape index (κ1) is 11.4. The van der Waals surface area contributed by atoms with Crippen molar-refractivity contribution in [2.75, 3.05) is 6.54 Å². The van der Waals surface area contributed by atoms with Gasteiger partial charge in [-0.2, -0.15) is 5.10 Å². The maximum atomic E-state index is 4.19. The average Bonchev–Trinajstić information content (AvgIpc) is 2.90. The SMILES string of the molecule is C[C@H](Cn1cccn1)NCCc1cccs1. The predicted octanol–water partition coefficient (Wildman–Crippen LogP) is 2.17. The van der Waals surface area contributed by atoms with Gasteiger partial charge in [0.15, 0.2) is 0 Å². The first-order chi connectivity index (χ1) is 7.84. The molecule has 0 bridgehead atoms. The zero-order valence-electron chi connectivity index (χ0n) is 9.47. The van der Waals surface area contributed by atoms with Gasteiger partial charge in [0.1, 0.15) is 0 Å². The number of hydrogen-bond donors (Lipinski definition) is 1. The van der Waals surface area contributed by atoms with E-state index in [-0.39, 0.29) is 0 Å². The van der Waals surface area contributed by atoms with Crippen LogP contribution in [0.25, 0.3) is 0 Å². The molecule has 0 aromatic carbocycles. The lowest BCUT2D eigenvalue weighted by Gasteiger charge is -2.13. The summed E-state index contributed by atoms with van der Waals surface area (Å²) in [5.74, 6) is 0. The Kier molecular flexibility index (Phi) is 4.13. The smallest absolute Gasteiger partial charge is 0.0559 e. The van der Waals surface area contributed by atoms with E-state index in [1.54, 1.807) is 0 Å². The molecule has 16 heavy (non-hydrogen) atoms. The summed E-state index contributed by atoms with van der Waals surface area (Å²) in [6.45, 7) is 4.15. The number of thiophene rings is 1. The van der Waals surface area contributed by atoms with Crippen LogP contribution in [0.5, 0.6) is 0 Å². The van der Waals surface area contributed by atoms with Gasteiger partial charge in [0.05, 0.1) is 6.54 Å². The maximum absolute atomic E-state index is 4.19. The molecule has 0 unspecified atom stereocenters. The Bertz CT molecular complexity index is 380. The van der Waals surface area contributed by atoms with Crippen LogP contribution < -0.4 is 5.32 Å². The van der Waals surface area contributed by atoms with Gasteiger partial charge >= 0.3 is 0 Å². The second kappa shape index (κ2) is 5.82. The fraction of sp³-hybridized carbons (Fsp3) is 0.417. The number of nitrogens with one attached hydrogen (secondary N) is 1. The highest BCUT2D eigenvalue weighted by atomic mass is 32.1. The van der Waals surface area contributed by atoms with Crippen molar-refractivity contribution in [3.8, 4) is 0 Å². The summed E-state index contributed by atoms with van der Waals surface area (Å²) in [5, 5.41) is 9.83. The average molecular weight is 235 g/mol. The van der Waals surface area contributed by atoms with E-state index in [1.807, 2.05) is 34.5 Å². The molecular formula is C12H17N3S. The van der Waals surface area contributed by atoms with Crippen LogP contribution in [0.4, 0.5) is 0 Å². The van der Waals surface area contributed by atoms with Crippen molar-refractivity contribution < 1.29 is 0 Å². The van der Waals surface area contributed by atoms with Gasteiger partial charge in [-0.25, -0.2) is 0 Å². The van der Waals surface area contributed by atoms with Crippen molar-refractivity contribution >= 4 is 11.3 Å². The van der Waals surface area contributed by atoms with Crippen LogP contribution in [0.1, 0.15) is 11.8 Å². The van der Waals surface area contributed by atoms with Crippen LogP contribution in [0.2, 0.25) is 0 Å². The molecule has 0 aliphatic heterocycles. The Morgan fingerprint density at radius 2 is 2.44 bits per heavy atom. The molecule has 0 aliphatic carbocycles. The highest BCUT2D eigenvalue weighted by Gasteiger charge is 2.02. The third-order valence-electron chi connectivity index (χ3n) is 2.46. The van der Waals surface area contributed by atoms with Crippen molar-refractivity contribution in [1.82, 2.24) is 15.1 Å². The topological polar surface area (TPSA) is 29.9 Å². The summed E-state index contributed by atoms with van der Waals surface area (Å²) in [6.07, 6.45) is 4.93. The Morgan fingerprint density at radius 1 is 1.50 bits per heavy atom. The molecule has 2 heterocycles. The summed E-state index contributed by atoms with van der Waals surface area (Å²) < 4.78 is 1.96. The fourth-order valence-corrected chi connectivity index (χ4v) is 2.36. The van der Waals surface area contributed by atoms with Crippen LogP contribution in [0, 0.1) is 0 Å². The van der Waals surface area contributed by atoms with E-state index in [0.29, 0.717) is 6.04 Å². The van der Waals surface area contributed by atoms with E-state index < -0.39 is 0 Å². The van der Waals surface area contributed by atoms with Crippen molar-refractivity contribution in [1.29, 1.82) is 0 Å². The van der Waals surface area contributed by atoms with Gasteiger partial charge in [-0.3, -0.25) is 4.68 Å². The molecule has 0 saturated carbocycles. The molecule has 0 saturated heterocycles. The third kappa shape index (κ3) is 3.47. The minimum Gasteiger partial charge on any atom is -0.312 e. The van der Waals surface area contributed by atoms with E-state index in [0.717, 1.165) is 19.5 Å². The summed E-state index contributed by atoms with van der Waals surface area (Å²) in [4.78, 5) is 1.44. The zero-order chi connectivity index (χ0) is 11.2. The van der Waals surface area contributed by atoms with Crippen molar-refractivity contribution in [3.05, 3.63) is 40.8 Å². The van der Waals surface area contributed by atoms with Crippen LogP contribution in [-0.2, 0) is 13.0 Å². The van der Waals surface area contributed by atoms with E-state index >= 15 is 0 Å². The molecule has 3 nitrogen and oxygen atoms in total. The first-order valence-electron chi connectivity index (χ1n) is 5.58. The Morgan fingerprint density at radius 3 is 3.12 bits per heavy atom. The number of rotatable bonds is 6. The second-order valence-electron chi connectivity index (χ2n) is 3.91. The van der Waals surface area contributed by atoms with Gasteiger partial charge in [-0.15, -0.1) is 11.3 Å². The van der Waals surface area contributed by atoms with Crippen molar-refractivity contribution in [3.63, 3.8) is 0 Å². The number of aromatic nitrogens is 2. The molecule has 2 rings (SSSR count). The lowest BCUT2D eigenvalue weighted by Crippen LogP contribution is -2.32. The molecule has 0 fully saturated rings. The summed E-state index contributed by atoms with van der Waals surface area (Å²) in [6, 6.07) is 6.70. The molecule has 4 heteroatoms. The minimum atomic E-state index is 0.458. The Balaban J connectivity index is 1.66. The predicted molar refractivity (Wildman–Crippen MR) is 67.7 cm³/mol. The summed E-state index contributed by atoms with van der Waals surface area (Å²) in [5.41, 5.74) is 0. The van der Waals surface area contributed by atoms with E-state index in [2.05, 4.69) is 34.9 Å². The molecule has 2 aromatic heterocycles. The van der Waals surface area contributed by atoms with Crippen molar-refractivity contribution in [2.45, 2.75) is 25.9 Å². The summed E-state index contributed by atoms with van der Waals surface area (Å²) in [7, 11) is 0. The van der Waals surface area contributed by atoms with Crippen LogP contribution in [-0.4, -0.2) is 22.4 Å². The molecular weight excluding hydrogens is 218 g/mol. The van der Waals surface area contributed by atoms with Crippen LogP contribution in [0.3, 0.4) is 0 Å². The van der Waals surface area contributed by atoms with Gasteiger partial charge in [-0.1, -0.05) is 6.07 Å². The van der Waals surface area contributed by atoms with Crippen LogP contribution in [0.15, 0.2) is 36.0 Å². The van der Waals surface area contributed by atoms with Gasteiger partial charge in [0.25, 0.3) is 0 Å². The second-order valence-corrected chi connectivity index (χ2v) is 4.94. The Labute approximate surface area is 100 Å². The minimum absolute atomic E-state index is 0.458. The molecule has 0 aliphatic rings. The molecule has 86 valence electrons. The van der Waals surface area contributed by atoms with Crippen LogP contribution >= 0.6 is 11.3 Å². The molecule has 0 radical (unpaired) electrons. The molecule has 0 amide bonds. The first-order valence-corrected chi connectivity index (χ1v) is 6.46.